The molecule has 0 spiro atoms. The number of amides is 1. The van der Waals surface area contributed by atoms with Gasteiger partial charge in [-0.2, -0.15) is 0 Å². The molecule has 22 heavy (non-hydrogen) atoms. The van der Waals surface area contributed by atoms with Crippen molar-refractivity contribution in [3.63, 3.8) is 0 Å². The molecule has 1 aromatic heterocycles. The zero-order chi connectivity index (χ0) is 15.4. The second-order valence-electron chi connectivity index (χ2n) is 5.73. The van der Waals surface area contributed by atoms with Gasteiger partial charge >= 0.3 is 0 Å². The van der Waals surface area contributed by atoms with Gasteiger partial charge in [0.1, 0.15) is 5.82 Å². The Balaban J connectivity index is 1.78. The van der Waals surface area contributed by atoms with Crippen molar-refractivity contribution in [1.82, 2.24) is 9.88 Å². The van der Waals surface area contributed by atoms with Gasteiger partial charge in [0.2, 0.25) is 0 Å². The fraction of sp³-hybridized carbons (Fsp3) is 0.333. The Morgan fingerprint density at radius 2 is 1.82 bits per heavy atom. The highest BCUT2D eigenvalue weighted by molar-refractivity contribution is 5.94. The molecule has 1 aromatic carbocycles. The van der Waals surface area contributed by atoms with E-state index in [0.717, 1.165) is 31.4 Å². The molecule has 4 heteroatoms. The molecule has 1 saturated heterocycles. The Hall–Kier alpha value is -2.23. The number of hydrogen-bond donors (Lipinski definition) is 0. The molecular formula is C18H19FN2O. The molecule has 3 nitrogen and oxygen atoms in total. The van der Waals surface area contributed by atoms with Crippen LogP contribution in [-0.2, 0) is 0 Å². The quantitative estimate of drug-likeness (QED) is 0.848. The molecule has 1 amide bonds. The summed E-state index contributed by atoms with van der Waals surface area (Å²) in [5, 5.41) is 0. The third-order valence-electron chi connectivity index (χ3n) is 4.23. The van der Waals surface area contributed by atoms with Crippen LogP contribution < -0.4 is 0 Å². The summed E-state index contributed by atoms with van der Waals surface area (Å²) in [7, 11) is 0. The number of rotatable bonds is 2. The van der Waals surface area contributed by atoms with E-state index >= 15 is 0 Å². The van der Waals surface area contributed by atoms with Crippen molar-refractivity contribution in [2.45, 2.75) is 25.2 Å². The average molecular weight is 298 g/mol. The van der Waals surface area contributed by atoms with Crippen LogP contribution in [0.4, 0.5) is 4.39 Å². The molecule has 0 radical (unpaired) electrons. The maximum atomic E-state index is 13.1. The first kappa shape index (κ1) is 14.7. The number of likely N-dealkylation sites (tertiary alicyclic amines) is 1. The summed E-state index contributed by atoms with van der Waals surface area (Å²) in [5.74, 6) is 0.104. The highest BCUT2D eigenvalue weighted by Gasteiger charge is 2.23. The lowest BCUT2D eigenvalue weighted by Crippen LogP contribution is -2.34. The van der Waals surface area contributed by atoms with Crippen molar-refractivity contribution in [2.75, 3.05) is 13.1 Å². The molecule has 3 rings (SSSR count). The van der Waals surface area contributed by atoms with Crippen LogP contribution in [-0.4, -0.2) is 28.9 Å². The largest absolute Gasteiger partial charge is 0.338 e. The fourth-order valence-corrected chi connectivity index (χ4v) is 3.01. The highest BCUT2D eigenvalue weighted by atomic mass is 19.1. The summed E-state index contributed by atoms with van der Waals surface area (Å²) in [5.41, 5.74) is 1.78. The van der Waals surface area contributed by atoms with Crippen LogP contribution in [0.25, 0.3) is 0 Å². The Morgan fingerprint density at radius 3 is 2.55 bits per heavy atom. The SMILES string of the molecule is O=C(c1ccncc1)N1CCCC[C@@H](c2ccc(F)cc2)C1. The summed E-state index contributed by atoms with van der Waals surface area (Å²) in [4.78, 5) is 18.5. The van der Waals surface area contributed by atoms with Gasteiger partial charge in [0, 0.05) is 37.0 Å². The zero-order valence-corrected chi connectivity index (χ0v) is 12.4. The van der Waals surface area contributed by atoms with Gasteiger partial charge in [-0.15, -0.1) is 0 Å². The van der Waals surface area contributed by atoms with Gasteiger partial charge in [-0.3, -0.25) is 9.78 Å². The van der Waals surface area contributed by atoms with Gasteiger partial charge in [0.15, 0.2) is 0 Å². The van der Waals surface area contributed by atoms with E-state index in [1.54, 1.807) is 24.5 Å². The molecule has 2 heterocycles. The van der Waals surface area contributed by atoms with E-state index in [-0.39, 0.29) is 17.6 Å². The number of halogens is 1. The van der Waals surface area contributed by atoms with Crippen LogP contribution in [0.3, 0.4) is 0 Å². The number of hydrogen-bond acceptors (Lipinski definition) is 2. The molecule has 0 unspecified atom stereocenters. The minimum atomic E-state index is -0.220. The molecule has 1 atom stereocenters. The van der Waals surface area contributed by atoms with E-state index in [0.29, 0.717) is 12.1 Å². The number of pyridine rings is 1. The normalized spacial score (nSPS) is 18.8. The first-order valence-electron chi connectivity index (χ1n) is 7.69. The third-order valence-corrected chi connectivity index (χ3v) is 4.23. The molecule has 0 bridgehead atoms. The highest BCUT2D eigenvalue weighted by Crippen LogP contribution is 2.27. The molecule has 1 aliphatic heterocycles. The lowest BCUT2D eigenvalue weighted by atomic mass is 9.94. The van der Waals surface area contributed by atoms with E-state index in [1.807, 2.05) is 17.0 Å². The number of aromatic nitrogens is 1. The van der Waals surface area contributed by atoms with E-state index < -0.39 is 0 Å². The molecule has 1 aliphatic rings. The lowest BCUT2D eigenvalue weighted by Gasteiger charge is -2.25. The Bertz CT molecular complexity index is 627. The number of carbonyl (C=O) groups excluding carboxylic acids is 1. The first-order chi connectivity index (χ1) is 10.7. The Kier molecular flexibility index (Phi) is 4.47. The van der Waals surface area contributed by atoms with Crippen molar-refractivity contribution >= 4 is 5.91 Å². The number of carbonyl (C=O) groups is 1. The topological polar surface area (TPSA) is 33.2 Å². The zero-order valence-electron chi connectivity index (χ0n) is 12.4. The molecular weight excluding hydrogens is 279 g/mol. The van der Waals surface area contributed by atoms with Crippen molar-refractivity contribution in [1.29, 1.82) is 0 Å². The maximum absolute atomic E-state index is 13.1. The van der Waals surface area contributed by atoms with Crippen LogP contribution in [0.1, 0.15) is 41.1 Å². The van der Waals surface area contributed by atoms with Gasteiger partial charge in [-0.1, -0.05) is 18.6 Å². The van der Waals surface area contributed by atoms with Crippen LogP contribution in [0.5, 0.6) is 0 Å². The Labute approximate surface area is 129 Å². The number of benzene rings is 1. The van der Waals surface area contributed by atoms with Crippen LogP contribution in [0.2, 0.25) is 0 Å². The second-order valence-corrected chi connectivity index (χ2v) is 5.73. The monoisotopic (exact) mass is 298 g/mol. The van der Waals surface area contributed by atoms with Crippen LogP contribution >= 0.6 is 0 Å². The first-order valence-corrected chi connectivity index (χ1v) is 7.69. The Morgan fingerprint density at radius 1 is 1.09 bits per heavy atom. The summed E-state index contributed by atoms with van der Waals surface area (Å²) in [6, 6.07) is 10.2. The summed E-state index contributed by atoms with van der Waals surface area (Å²) in [6.07, 6.45) is 6.41. The van der Waals surface area contributed by atoms with E-state index in [2.05, 4.69) is 4.98 Å². The third kappa shape index (κ3) is 3.32. The van der Waals surface area contributed by atoms with Gasteiger partial charge in [0.25, 0.3) is 5.91 Å². The standard InChI is InChI=1S/C18H19FN2O/c19-17-6-4-14(5-7-17)16-3-1-2-12-21(13-16)18(22)15-8-10-20-11-9-15/h4-11,16H,1-3,12-13H2/t16-/m1/s1. The molecule has 2 aromatic rings. The predicted molar refractivity (Wildman–Crippen MR) is 83.1 cm³/mol. The molecule has 0 N–H and O–H groups in total. The molecule has 0 saturated carbocycles. The summed E-state index contributed by atoms with van der Waals surface area (Å²) < 4.78 is 13.1. The summed E-state index contributed by atoms with van der Waals surface area (Å²) >= 11 is 0. The van der Waals surface area contributed by atoms with E-state index in [9.17, 15) is 9.18 Å². The van der Waals surface area contributed by atoms with Gasteiger partial charge in [0.05, 0.1) is 0 Å². The average Bonchev–Trinajstić information content (AvgIpc) is 2.82. The van der Waals surface area contributed by atoms with Crippen LogP contribution in [0, 0.1) is 5.82 Å². The lowest BCUT2D eigenvalue weighted by molar-refractivity contribution is 0.0754. The van der Waals surface area contributed by atoms with Gasteiger partial charge < -0.3 is 4.90 Å². The van der Waals surface area contributed by atoms with Crippen LogP contribution in [0.15, 0.2) is 48.8 Å². The van der Waals surface area contributed by atoms with Gasteiger partial charge in [-0.25, -0.2) is 4.39 Å². The van der Waals surface area contributed by atoms with Crippen molar-refractivity contribution in [3.8, 4) is 0 Å². The van der Waals surface area contributed by atoms with Crippen molar-refractivity contribution in [2.24, 2.45) is 0 Å². The number of nitrogens with zero attached hydrogens (tertiary/aromatic N) is 2. The smallest absolute Gasteiger partial charge is 0.253 e. The van der Waals surface area contributed by atoms with E-state index in [1.165, 1.54) is 12.1 Å². The van der Waals surface area contributed by atoms with E-state index in [4.69, 9.17) is 0 Å². The summed E-state index contributed by atoms with van der Waals surface area (Å²) in [6.45, 7) is 1.46. The second kappa shape index (κ2) is 6.69. The predicted octanol–water partition coefficient (Wildman–Crippen LogP) is 3.63. The molecule has 0 aliphatic carbocycles. The minimum absolute atomic E-state index is 0.0522. The van der Waals surface area contributed by atoms with Crippen molar-refractivity contribution < 1.29 is 9.18 Å². The molecule has 114 valence electrons. The van der Waals surface area contributed by atoms with Gasteiger partial charge in [-0.05, 0) is 42.7 Å². The maximum Gasteiger partial charge on any atom is 0.253 e. The minimum Gasteiger partial charge on any atom is -0.338 e. The van der Waals surface area contributed by atoms with Crippen molar-refractivity contribution in [3.05, 3.63) is 65.7 Å². The molecule has 1 fully saturated rings. The fourth-order valence-electron chi connectivity index (χ4n) is 3.01.